The summed E-state index contributed by atoms with van der Waals surface area (Å²) in [6.45, 7) is 11.5. The third kappa shape index (κ3) is 4.28. The molecule has 0 spiro atoms. The first-order valence-corrected chi connectivity index (χ1v) is 8.27. The van der Waals surface area contributed by atoms with E-state index >= 15 is 0 Å². The SMILES string of the molecule is C[C@@H](c1ccc(C(O)C(C)(C)N(C)C)cc1)N(C(=O)O)C(C)(C)C. The van der Waals surface area contributed by atoms with Gasteiger partial charge >= 0.3 is 6.09 Å². The predicted molar refractivity (Wildman–Crippen MR) is 97.2 cm³/mol. The Morgan fingerprint density at radius 3 is 1.75 bits per heavy atom. The van der Waals surface area contributed by atoms with Crippen LogP contribution in [0.25, 0.3) is 0 Å². The average Bonchev–Trinajstić information content (AvgIpc) is 2.44. The van der Waals surface area contributed by atoms with Crippen molar-refractivity contribution in [2.75, 3.05) is 14.1 Å². The summed E-state index contributed by atoms with van der Waals surface area (Å²) in [5.74, 6) is 0. The Morgan fingerprint density at radius 1 is 1.00 bits per heavy atom. The maximum Gasteiger partial charge on any atom is 0.408 e. The van der Waals surface area contributed by atoms with Gasteiger partial charge in [-0.2, -0.15) is 0 Å². The molecule has 1 unspecified atom stereocenters. The van der Waals surface area contributed by atoms with Crippen molar-refractivity contribution in [1.82, 2.24) is 9.80 Å². The van der Waals surface area contributed by atoms with Crippen molar-refractivity contribution < 1.29 is 15.0 Å². The molecule has 0 heterocycles. The number of benzene rings is 1. The van der Waals surface area contributed by atoms with Gasteiger partial charge in [-0.15, -0.1) is 0 Å². The summed E-state index contributed by atoms with van der Waals surface area (Å²) in [4.78, 5) is 15.1. The van der Waals surface area contributed by atoms with Crippen LogP contribution in [0.5, 0.6) is 0 Å². The Hall–Kier alpha value is -1.59. The van der Waals surface area contributed by atoms with Gasteiger partial charge in [0.05, 0.1) is 12.1 Å². The second-order valence-corrected chi connectivity index (χ2v) is 8.12. The molecule has 0 bridgehead atoms. The van der Waals surface area contributed by atoms with Gasteiger partial charge in [0, 0.05) is 11.1 Å². The molecule has 0 aromatic heterocycles. The van der Waals surface area contributed by atoms with E-state index in [2.05, 4.69) is 0 Å². The lowest BCUT2D eigenvalue weighted by Crippen LogP contribution is -2.46. The fourth-order valence-electron chi connectivity index (χ4n) is 2.79. The summed E-state index contributed by atoms with van der Waals surface area (Å²) in [5.41, 5.74) is 0.843. The molecule has 136 valence electrons. The molecule has 0 radical (unpaired) electrons. The molecule has 1 aromatic rings. The van der Waals surface area contributed by atoms with Crippen LogP contribution in [0.1, 0.15) is 64.8 Å². The largest absolute Gasteiger partial charge is 0.465 e. The molecule has 0 saturated carbocycles. The van der Waals surface area contributed by atoms with Crippen LogP contribution in [0, 0.1) is 0 Å². The van der Waals surface area contributed by atoms with Crippen LogP contribution in [0.15, 0.2) is 24.3 Å². The summed E-state index contributed by atoms with van der Waals surface area (Å²) < 4.78 is 0. The van der Waals surface area contributed by atoms with Crippen LogP contribution in [-0.2, 0) is 0 Å². The molecule has 1 aromatic carbocycles. The van der Waals surface area contributed by atoms with Crippen molar-refractivity contribution in [3.63, 3.8) is 0 Å². The Balaban J connectivity index is 3.09. The van der Waals surface area contributed by atoms with Crippen LogP contribution in [0.3, 0.4) is 0 Å². The number of likely N-dealkylation sites (N-methyl/N-ethyl adjacent to an activating group) is 1. The number of nitrogens with zero attached hydrogens (tertiary/aromatic N) is 2. The summed E-state index contributed by atoms with van der Waals surface area (Å²) in [7, 11) is 3.88. The summed E-state index contributed by atoms with van der Waals surface area (Å²) >= 11 is 0. The van der Waals surface area contributed by atoms with E-state index in [-0.39, 0.29) is 6.04 Å². The van der Waals surface area contributed by atoms with Crippen LogP contribution in [-0.4, -0.2) is 51.3 Å². The van der Waals surface area contributed by atoms with Gasteiger partial charge in [0.1, 0.15) is 0 Å². The molecular formula is C19H32N2O3. The first-order valence-electron chi connectivity index (χ1n) is 8.27. The number of amides is 1. The lowest BCUT2D eigenvalue weighted by molar-refractivity contribution is 0.0163. The Labute approximate surface area is 145 Å². The van der Waals surface area contributed by atoms with E-state index in [1.807, 2.05) is 84.8 Å². The number of carbonyl (C=O) groups is 1. The molecule has 0 aliphatic carbocycles. The van der Waals surface area contributed by atoms with Gasteiger partial charge in [-0.25, -0.2) is 4.79 Å². The van der Waals surface area contributed by atoms with E-state index in [0.717, 1.165) is 11.1 Å². The van der Waals surface area contributed by atoms with Gasteiger partial charge in [0.2, 0.25) is 0 Å². The first-order chi connectivity index (χ1) is 10.8. The second kappa shape index (κ2) is 7.11. The van der Waals surface area contributed by atoms with Crippen molar-refractivity contribution in [1.29, 1.82) is 0 Å². The highest BCUT2D eigenvalue weighted by Crippen LogP contribution is 2.32. The molecule has 0 aliphatic rings. The third-order valence-corrected chi connectivity index (χ3v) is 4.87. The molecule has 5 heteroatoms. The van der Waals surface area contributed by atoms with Crippen molar-refractivity contribution in [2.24, 2.45) is 0 Å². The first kappa shape index (κ1) is 20.5. The average molecular weight is 336 g/mol. The van der Waals surface area contributed by atoms with E-state index in [4.69, 9.17) is 0 Å². The zero-order chi connectivity index (χ0) is 18.9. The lowest BCUT2D eigenvalue weighted by Gasteiger charge is -2.39. The normalized spacial score (nSPS) is 15.2. The quantitative estimate of drug-likeness (QED) is 0.856. The molecule has 0 saturated heterocycles. The molecule has 1 rings (SSSR count). The van der Waals surface area contributed by atoms with Crippen molar-refractivity contribution in [3.05, 3.63) is 35.4 Å². The fourth-order valence-corrected chi connectivity index (χ4v) is 2.79. The summed E-state index contributed by atoms with van der Waals surface area (Å²) in [5, 5.41) is 20.2. The minimum absolute atomic E-state index is 0.268. The molecule has 1 amide bonds. The van der Waals surface area contributed by atoms with E-state index < -0.39 is 23.3 Å². The molecule has 24 heavy (non-hydrogen) atoms. The van der Waals surface area contributed by atoms with Crippen molar-refractivity contribution >= 4 is 6.09 Å². The predicted octanol–water partition coefficient (Wildman–Crippen LogP) is 3.90. The zero-order valence-corrected chi connectivity index (χ0v) is 16.2. The highest BCUT2D eigenvalue weighted by atomic mass is 16.4. The van der Waals surface area contributed by atoms with Crippen molar-refractivity contribution in [3.8, 4) is 0 Å². The van der Waals surface area contributed by atoms with Crippen LogP contribution >= 0.6 is 0 Å². The van der Waals surface area contributed by atoms with Gasteiger partial charge in [-0.1, -0.05) is 24.3 Å². The zero-order valence-electron chi connectivity index (χ0n) is 16.2. The Morgan fingerprint density at radius 2 is 1.42 bits per heavy atom. The number of hydrogen-bond donors (Lipinski definition) is 2. The number of hydrogen-bond acceptors (Lipinski definition) is 3. The van der Waals surface area contributed by atoms with E-state index in [0.29, 0.717) is 0 Å². The van der Waals surface area contributed by atoms with Gasteiger partial charge < -0.3 is 15.1 Å². The smallest absolute Gasteiger partial charge is 0.408 e. The lowest BCUT2D eigenvalue weighted by atomic mass is 9.89. The summed E-state index contributed by atoms with van der Waals surface area (Å²) in [6.07, 6.45) is -1.57. The number of rotatable bonds is 5. The van der Waals surface area contributed by atoms with Crippen LogP contribution in [0.4, 0.5) is 4.79 Å². The second-order valence-electron chi connectivity index (χ2n) is 8.12. The Kier molecular flexibility index (Phi) is 6.06. The monoisotopic (exact) mass is 336 g/mol. The van der Waals surface area contributed by atoms with Gasteiger partial charge in [-0.3, -0.25) is 4.90 Å². The highest BCUT2D eigenvalue weighted by Gasteiger charge is 2.33. The Bertz CT molecular complexity index is 559. The van der Waals surface area contributed by atoms with Gasteiger partial charge in [-0.05, 0) is 66.8 Å². The highest BCUT2D eigenvalue weighted by molar-refractivity contribution is 5.66. The minimum atomic E-state index is -0.937. The topological polar surface area (TPSA) is 64.0 Å². The molecular weight excluding hydrogens is 304 g/mol. The molecule has 0 fully saturated rings. The van der Waals surface area contributed by atoms with Crippen LogP contribution in [0.2, 0.25) is 0 Å². The van der Waals surface area contributed by atoms with E-state index in [9.17, 15) is 15.0 Å². The van der Waals surface area contributed by atoms with Crippen molar-refractivity contribution in [2.45, 2.75) is 64.8 Å². The minimum Gasteiger partial charge on any atom is -0.465 e. The molecule has 2 N–H and O–H groups in total. The molecule has 0 aliphatic heterocycles. The maximum atomic E-state index is 11.6. The third-order valence-electron chi connectivity index (χ3n) is 4.87. The maximum absolute atomic E-state index is 11.6. The standard InChI is InChI=1S/C19H32N2O3/c1-13(21(17(23)24)18(2,3)4)14-9-11-15(12-10-14)16(22)19(5,6)20(7)8/h9-13,16,22H,1-8H3,(H,23,24)/t13-,16?/m0/s1. The van der Waals surface area contributed by atoms with E-state index in [1.165, 1.54) is 4.90 Å². The molecule has 5 nitrogen and oxygen atoms in total. The number of aliphatic hydroxyl groups excluding tert-OH is 1. The molecule has 2 atom stereocenters. The van der Waals surface area contributed by atoms with Crippen LogP contribution < -0.4 is 0 Å². The van der Waals surface area contributed by atoms with Gasteiger partial charge in [0.25, 0.3) is 0 Å². The van der Waals surface area contributed by atoms with E-state index in [1.54, 1.807) is 0 Å². The fraction of sp³-hybridized carbons (Fsp3) is 0.632. The van der Waals surface area contributed by atoms with Gasteiger partial charge in [0.15, 0.2) is 0 Å². The number of carboxylic acid groups (broad SMARTS) is 1. The number of aliphatic hydroxyl groups is 1. The summed E-state index contributed by atoms with van der Waals surface area (Å²) in [6, 6.07) is 7.29.